The Morgan fingerprint density at radius 1 is 1.19 bits per heavy atom. The monoisotopic (exact) mass is 379 g/mol. The molecule has 2 aliphatic rings. The van der Waals surface area contributed by atoms with Gasteiger partial charge in [-0.2, -0.15) is 0 Å². The Labute approximate surface area is 157 Å². The highest BCUT2D eigenvalue weighted by atomic mass is 32.2. The molecule has 1 saturated heterocycles. The van der Waals surface area contributed by atoms with Crippen molar-refractivity contribution in [3.8, 4) is 5.75 Å². The van der Waals surface area contributed by atoms with Gasteiger partial charge in [-0.15, -0.1) is 0 Å². The lowest BCUT2D eigenvalue weighted by atomic mass is 10.1. The number of carbonyl (C=O) groups is 2. The van der Waals surface area contributed by atoms with Crippen LogP contribution in [0.15, 0.2) is 29.2 Å². The second kappa shape index (κ2) is 8.18. The number of urea groups is 1. The molecule has 1 aliphatic heterocycles. The molecule has 3 atom stereocenters. The van der Waals surface area contributed by atoms with Crippen LogP contribution in [0.3, 0.4) is 0 Å². The van der Waals surface area contributed by atoms with Crippen molar-refractivity contribution >= 4 is 23.9 Å². The van der Waals surface area contributed by atoms with E-state index in [1.807, 2.05) is 0 Å². The van der Waals surface area contributed by atoms with Gasteiger partial charge in [-0.1, -0.05) is 6.92 Å². The number of carbonyl (C=O) groups excluding carboxylic acids is 1. The fraction of sp³-hybridized carbons (Fsp3) is 0.556. The van der Waals surface area contributed by atoms with E-state index in [-0.39, 0.29) is 24.4 Å². The molecule has 142 valence electrons. The highest BCUT2D eigenvalue weighted by molar-refractivity contribution is 7.97. The first kappa shape index (κ1) is 18.8. The molecule has 2 fully saturated rings. The first-order valence-corrected chi connectivity index (χ1v) is 9.71. The van der Waals surface area contributed by atoms with Gasteiger partial charge in [0.1, 0.15) is 11.8 Å². The molecule has 2 amide bonds. The lowest BCUT2D eigenvalue weighted by molar-refractivity contribution is -0.142. The molecule has 26 heavy (non-hydrogen) atoms. The molecule has 7 nitrogen and oxygen atoms in total. The van der Waals surface area contributed by atoms with E-state index in [2.05, 4.69) is 12.2 Å². The predicted molar refractivity (Wildman–Crippen MR) is 99.0 cm³/mol. The van der Waals surface area contributed by atoms with E-state index in [9.17, 15) is 19.8 Å². The van der Waals surface area contributed by atoms with Crippen LogP contribution in [0.2, 0.25) is 0 Å². The van der Waals surface area contributed by atoms with Crippen molar-refractivity contribution in [1.82, 2.24) is 14.5 Å². The summed E-state index contributed by atoms with van der Waals surface area (Å²) in [5.41, 5.74) is 0. The van der Waals surface area contributed by atoms with Gasteiger partial charge >= 0.3 is 12.0 Å². The van der Waals surface area contributed by atoms with Gasteiger partial charge in [0.15, 0.2) is 0 Å². The third-order valence-corrected chi connectivity index (χ3v) is 6.14. The Bertz CT molecular complexity index is 654. The summed E-state index contributed by atoms with van der Waals surface area (Å²) in [7, 11) is 0. The number of nitrogens with zero attached hydrogens (tertiary/aromatic N) is 2. The fourth-order valence-electron chi connectivity index (χ4n) is 3.51. The average molecular weight is 379 g/mol. The lowest BCUT2D eigenvalue weighted by Gasteiger charge is -2.38. The molecule has 0 spiro atoms. The zero-order valence-electron chi connectivity index (χ0n) is 14.8. The number of aliphatic carboxylic acids is 1. The Morgan fingerprint density at radius 2 is 1.92 bits per heavy atom. The first-order chi connectivity index (χ1) is 12.4. The van der Waals surface area contributed by atoms with E-state index >= 15 is 0 Å². The van der Waals surface area contributed by atoms with Crippen molar-refractivity contribution in [2.24, 2.45) is 5.92 Å². The van der Waals surface area contributed by atoms with Crippen molar-refractivity contribution in [2.45, 2.75) is 43.2 Å². The summed E-state index contributed by atoms with van der Waals surface area (Å²) in [5, 5.41) is 22.0. The molecule has 8 heteroatoms. The summed E-state index contributed by atoms with van der Waals surface area (Å²) in [5.74, 6) is -0.138. The number of hydrogen-bond donors (Lipinski definition) is 3. The summed E-state index contributed by atoms with van der Waals surface area (Å²) in [6.45, 7) is 3.31. The number of carboxylic acid groups (broad SMARTS) is 1. The molecule has 0 aromatic heterocycles. The van der Waals surface area contributed by atoms with Gasteiger partial charge in [-0.3, -0.25) is 4.79 Å². The minimum atomic E-state index is -0.941. The molecule has 1 heterocycles. The van der Waals surface area contributed by atoms with Crippen molar-refractivity contribution in [2.75, 3.05) is 19.6 Å². The molecule has 0 radical (unpaired) electrons. The topological polar surface area (TPSA) is 93.1 Å². The number of hydrogen-bond acceptors (Lipinski definition) is 5. The number of phenols is 1. The van der Waals surface area contributed by atoms with Crippen LogP contribution in [0.1, 0.15) is 26.2 Å². The molecule has 1 aromatic carbocycles. The van der Waals surface area contributed by atoms with E-state index in [1.54, 1.807) is 33.5 Å². The van der Waals surface area contributed by atoms with Crippen LogP contribution in [-0.4, -0.2) is 63.1 Å². The van der Waals surface area contributed by atoms with Crippen LogP contribution in [0.4, 0.5) is 4.79 Å². The van der Waals surface area contributed by atoms with Gasteiger partial charge in [0.05, 0.1) is 0 Å². The lowest BCUT2D eigenvalue weighted by Crippen LogP contribution is -2.58. The van der Waals surface area contributed by atoms with Crippen molar-refractivity contribution < 1.29 is 19.8 Å². The minimum Gasteiger partial charge on any atom is -0.508 e. The van der Waals surface area contributed by atoms with Crippen LogP contribution in [-0.2, 0) is 4.79 Å². The second-order valence-corrected chi connectivity index (χ2v) is 8.21. The molecule has 3 N–H and O–H groups in total. The molecule has 3 rings (SSSR count). The molecular weight excluding hydrogens is 354 g/mol. The maximum Gasteiger partial charge on any atom is 0.323 e. The fourth-order valence-corrected chi connectivity index (χ4v) is 4.49. The third kappa shape index (κ3) is 4.62. The zero-order valence-corrected chi connectivity index (χ0v) is 15.6. The first-order valence-electron chi connectivity index (χ1n) is 8.94. The smallest absolute Gasteiger partial charge is 0.323 e. The van der Waals surface area contributed by atoms with Gasteiger partial charge in [0.2, 0.25) is 0 Å². The number of rotatable bonds is 4. The highest BCUT2D eigenvalue weighted by Gasteiger charge is 2.36. The van der Waals surface area contributed by atoms with Gasteiger partial charge in [-0.05, 0) is 61.4 Å². The summed E-state index contributed by atoms with van der Waals surface area (Å²) >= 11 is 1.34. The summed E-state index contributed by atoms with van der Waals surface area (Å²) in [4.78, 5) is 26.7. The van der Waals surface area contributed by atoms with E-state index in [1.165, 1.54) is 11.9 Å². The SMILES string of the molecule is CC1CCC(NC(=O)N2CCN(Sc3ccc(O)cc3)C(C(=O)O)C2)C1. The van der Waals surface area contributed by atoms with Gasteiger partial charge in [0, 0.05) is 30.6 Å². The van der Waals surface area contributed by atoms with Crippen LogP contribution in [0.5, 0.6) is 5.75 Å². The normalized spacial score (nSPS) is 26.7. The zero-order chi connectivity index (χ0) is 18.7. The van der Waals surface area contributed by atoms with Gasteiger partial charge < -0.3 is 20.4 Å². The third-order valence-electron chi connectivity index (χ3n) is 4.99. The summed E-state index contributed by atoms with van der Waals surface area (Å²) in [6, 6.07) is 5.92. The molecule has 0 bridgehead atoms. The Balaban J connectivity index is 1.59. The average Bonchev–Trinajstić information content (AvgIpc) is 3.01. The second-order valence-electron chi connectivity index (χ2n) is 7.09. The molecule has 1 saturated carbocycles. The van der Waals surface area contributed by atoms with Crippen molar-refractivity contribution in [3.63, 3.8) is 0 Å². The highest BCUT2D eigenvalue weighted by Crippen LogP contribution is 2.29. The summed E-state index contributed by atoms with van der Waals surface area (Å²) in [6.07, 6.45) is 3.11. The van der Waals surface area contributed by atoms with Crippen molar-refractivity contribution in [3.05, 3.63) is 24.3 Å². The van der Waals surface area contributed by atoms with Crippen molar-refractivity contribution in [1.29, 1.82) is 0 Å². The van der Waals surface area contributed by atoms with E-state index in [0.29, 0.717) is 19.0 Å². The maximum atomic E-state index is 12.5. The number of benzene rings is 1. The van der Waals surface area contributed by atoms with Crippen LogP contribution >= 0.6 is 11.9 Å². The van der Waals surface area contributed by atoms with Gasteiger partial charge in [-0.25, -0.2) is 9.10 Å². The van der Waals surface area contributed by atoms with Gasteiger partial charge in [0.25, 0.3) is 0 Å². The largest absolute Gasteiger partial charge is 0.508 e. The van der Waals surface area contributed by atoms with E-state index < -0.39 is 12.0 Å². The number of piperazine rings is 1. The number of phenolic OH excluding ortho intramolecular Hbond substituents is 1. The Morgan fingerprint density at radius 3 is 2.54 bits per heavy atom. The number of carboxylic acids is 1. The standard InChI is InChI=1S/C18H25N3O4S/c1-12-2-3-13(10-12)19-18(25)20-8-9-21(16(11-20)17(23)24)26-15-6-4-14(22)5-7-15/h4-7,12-13,16,22H,2-3,8-11H2,1H3,(H,19,25)(H,23,24). The molecular formula is C18H25N3O4S. The van der Waals surface area contributed by atoms with Crippen LogP contribution in [0.25, 0.3) is 0 Å². The molecule has 1 aliphatic carbocycles. The molecule has 3 unspecified atom stereocenters. The van der Waals surface area contributed by atoms with E-state index in [4.69, 9.17) is 0 Å². The summed E-state index contributed by atoms with van der Waals surface area (Å²) < 4.78 is 1.79. The Hall–Kier alpha value is -1.93. The number of nitrogens with one attached hydrogen (secondary N) is 1. The quantitative estimate of drug-likeness (QED) is 0.696. The molecule has 1 aromatic rings. The Kier molecular flexibility index (Phi) is 5.93. The van der Waals surface area contributed by atoms with E-state index in [0.717, 1.165) is 24.2 Å². The van der Waals surface area contributed by atoms with Crippen LogP contribution < -0.4 is 5.32 Å². The minimum absolute atomic E-state index is 0.161. The predicted octanol–water partition coefficient (Wildman–Crippen LogP) is 2.37. The number of amides is 2. The van der Waals surface area contributed by atoms with Crippen LogP contribution in [0, 0.1) is 5.92 Å². The maximum absolute atomic E-state index is 12.5. The number of aromatic hydroxyl groups is 1.